The van der Waals surface area contributed by atoms with Crippen molar-refractivity contribution in [1.29, 1.82) is 0 Å². The Labute approximate surface area is 178 Å². The van der Waals surface area contributed by atoms with Gasteiger partial charge in [-0.1, -0.05) is 12.1 Å². The number of nitrogens with one attached hydrogen (secondary N) is 1. The number of aromatic carboxylic acids is 1. The Kier molecular flexibility index (Phi) is 5.47. The summed E-state index contributed by atoms with van der Waals surface area (Å²) in [5.74, 6) is -1.05. The Morgan fingerprint density at radius 3 is 2.61 bits per heavy atom. The fraction of sp³-hybridized carbons (Fsp3) is 0.409. The molecule has 31 heavy (non-hydrogen) atoms. The maximum Gasteiger partial charge on any atom is 0.416 e. The summed E-state index contributed by atoms with van der Waals surface area (Å²) in [6.45, 7) is 5.97. The van der Waals surface area contributed by atoms with Crippen molar-refractivity contribution >= 4 is 23.0 Å². The van der Waals surface area contributed by atoms with E-state index < -0.39 is 17.7 Å². The van der Waals surface area contributed by atoms with Gasteiger partial charge in [0, 0.05) is 25.3 Å². The molecule has 2 aliphatic rings. The second-order valence-electron chi connectivity index (χ2n) is 7.83. The summed E-state index contributed by atoms with van der Waals surface area (Å²) in [5.41, 5.74) is 2.14. The first-order valence-corrected chi connectivity index (χ1v) is 10.1. The molecule has 6 nitrogen and oxygen atoms in total. The van der Waals surface area contributed by atoms with E-state index in [1.54, 1.807) is 12.1 Å². The van der Waals surface area contributed by atoms with Crippen molar-refractivity contribution < 1.29 is 27.8 Å². The van der Waals surface area contributed by atoms with E-state index in [-0.39, 0.29) is 23.8 Å². The van der Waals surface area contributed by atoms with E-state index in [0.29, 0.717) is 43.2 Å². The number of rotatable bonds is 4. The second-order valence-corrected chi connectivity index (χ2v) is 7.83. The van der Waals surface area contributed by atoms with Crippen LogP contribution in [0.4, 0.5) is 30.2 Å². The SMILES string of the molecule is Cc1c(CN2c3cc(N4CCOCC4)cc(C(=O)O)c3NC2C)cccc1C(F)(F)F. The van der Waals surface area contributed by atoms with Crippen LogP contribution in [0.3, 0.4) is 0 Å². The highest BCUT2D eigenvalue weighted by Gasteiger charge is 2.35. The van der Waals surface area contributed by atoms with Crippen LogP contribution in [0.25, 0.3) is 0 Å². The minimum atomic E-state index is -4.42. The van der Waals surface area contributed by atoms with Crippen molar-refractivity contribution in [3.63, 3.8) is 0 Å². The molecular weight excluding hydrogens is 411 g/mol. The van der Waals surface area contributed by atoms with Crippen LogP contribution in [0.15, 0.2) is 30.3 Å². The maximum atomic E-state index is 13.4. The van der Waals surface area contributed by atoms with Gasteiger partial charge < -0.3 is 25.0 Å². The van der Waals surface area contributed by atoms with Gasteiger partial charge in [-0.3, -0.25) is 0 Å². The molecule has 0 radical (unpaired) electrons. The maximum absolute atomic E-state index is 13.4. The lowest BCUT2D eigenvalue weighted by atomic mass is 10.0. The molecule has 2 aromatic rings. The lowest BCUT2D eigenvalue weighted by Gasteiger charge is -2.30. The number of carboxylic acids is 1. The number of alkyl halides is 3. The first-order valence-electron chi connectivity index (χ1n) is 10.1. The second kappa shape index (κ2) is 7.96. The molecule has 0 spiro atoms. The number of hydrogen-bond acceptors (Lipinski definition) is 5. The van der Waals surface area contributed by atoms with Gasteiger partial charge in [0.15, 0.2) is 0 Å². The van der Waals surface area contributed by atoms with Crippen molar-refractivity contribution in [2.45, 2.75) is 32.7 Å². The van der Waals surface area contributed by atoms with Gasteiger partial charge in [0.05, 0.1) is 41.9 Å². The zero-order valence-electron chi connectivity index (χ0n) is 17.3. The molecule has 1 unspecified atom stereocenters. The van der Waals surface area contributed by atoms with Crippen molar-refractivity contribution in [3.05, 3.63) is 52.6 Å². The number of carbonyl (C=O) groups is 1. The average molecular weight is 435 g/mol. The van der Waals surface area contributed by atoms with Crippen LogP contribution in [0.5, 0.6) is 0 Å². The molecule has 1 saturated heterocycles. The Morgan fingerprint density at radius 2 is 1.97 bits per heavy atom. The number of anilines is 3. The normalized spacial score (nSPS) is 18.7. The summed E-state index contributed by atoms with van der Waals surface area (Å²) in [6.07, 6.45) is -4.70. The molecule has 0 bridgehead atoms. The smallest absolute Gasteiger partial charge is 0.416 e. The van der Waals surface area contributed by atoms with Crippen molar-refractivity contribution in [1.82, 2.24) is 0 Å². The van der Waals surface area contributed by atoms with Gasteiger partial charge in [0.25, 0.3) is 0 Å². The highest BCUT2D eigenvalue weighted by molar-refractivity contribution is 6.01. The number of benzene rings is 2. The standard InChI is InChI=1S/C22H24F3N3O3/c1-13-15(4-3-5-18(13)22(23,24)25)12-28-14(2)26-20-17(21(29)30)10-16(11-19(20)28)27-6-8-31-9-7-27/h3-5,10-11,14,26H,6-9,12H2,1-2H3,(H,29,30). The van der Waals surface area contributed by atoms with Crippen LogP contribution < -0.4 is 15.1 Å². The highest BCUT2D eigenvalue weighted by atomic mass is 19.4. The van der Waals surface area contributed by atoms with Crippen molar-refractivity contribution in [2.24, 2.45) is 0 Å². The van der Waals surface area contributed by atoms with Crippen LogP contribution in [0.2, 0.25) is 0 Å². The number of morpholine rings is 1. The molecule has 0 aromatic heterocycles. The van der Waals surface area contributed by atoms with Gasteiger partial charge in [-0.05, 0) is 43.2 Å². The highest BCUT2D eigenvalue weighted by Crippen LogP contribution is 2.42. The van der Waals surface area contributed by atoms with Crippen LogP contribution >= 0.6 is 0 Å². The van der Waals surface area contributed by atoms with E-state index in [4.69, 9.17) is 4.74 Å². The fourth-order valence-electron chi connectivity index (χ4n) is 4.23. The zero-order chi connectivity index (χ0) is 22.3. The van der Waals surface area contributed by atoms with E-state index in [1.165, 1.54) is 13.0 Å². The summed E-state index contributed by atoms with van der Waals surface area (Å²) in [7, 11) is 0. The Hall–Kier alpha value is -2.94. The molecule has 1 fully saturated rings. The number of halogens is 3. The van der Waals surface area contributed by atoms with Crippen LogP contribution in [0.1, 0.15) is 34.0 Å². The average Bonchev–Trinajstić information content (AvgIpc) is 3.03. The number of fused-ring (bicyclic) bond motifs is 1. The van der Waals surface area contributed by atoms with Crippen LogP contribution in [-0.2, 0) is 17.5 Å². The van der Waals surface area contributed by atoms with Gasteiger partial charge in [-0.2, -0.15) is 13.2 Å². The van der Waals surface area contributed by atoms with Crippen molar-refractivity contribution in [3.8, 4) is 0 Å². The van der Waals surface area contributed by atoms with E-state index in [1.807, 2.05) is 17.9 Å². The van der Waals surface area contributed by atoms with Gasteiger partial charge in [-0.25, -0.2) is 4.79 Å². The Morgan fingerprint density at radius 1 is 1.26 bits per heavy atom. The third-order valence-corrected chi connectivity index (χ3v) is 5.93. The summed E-state index contributed by atoms with van der Waals surface area (Å²) in [4.78, 5) is 15.9. The summed E-state index contributed by atoms with van der Waals surface area (Å²) in [6, 6.07) is 7.72. The molecule has 166 valence electrons. The van der Waals surface area contributed by atoms with Crippen LogP contribution in [0, 0.1) is 6.92 Å². The molecule has 2 N–H and O–H groups in total. The summed E-state index contributed by atoms with van der Waals surface area (Å²) < 4.78 is 45.4. The fourth-order valence-corrected chi connectivity index (χ4v) is 4.23. The number of nitrogens with zero attached hydrogens (tertiary/aromatic N) is 2. The third kappa shape index (κ3) is 4.01. The Bertz CT molecular complexity index is 1000. The summed E-state index contributed by atoms with van der Waals surface area (Å²) in [5, 5.41) is 13.0. The molecular formula is C22H24F3N3O3. The molecule has 0 saturated carbocycles. The summed E-state index contributed by atoms with van der Waals surface area (Å²) >= 11 is 0. The van der Waals surface area contributed by atoms with Crippen LogP contribution in [-0.4, -0.2) is 43.5 Å². The molecule has 0 amide bonds. The van der Waals surface area contributed by atoms with E-state index in [2.05, 4.69) is 10.2 Å². The first kappa shape index (κ1) is 21.3. The molecule has 2 aromatic carbocycles. The monoisotopic (exact) mass is 435 g/mol. The van der Waals surface area contributed by atoms with E-state index >= 15 is 0 Å². The predicted octanol–water partition coefficient (Wildman–Crippen LogP) is 4.33. The number of ether oxygens (including phenoxy) is 1. The van der Waals surface area contributed by atoms with Crippen molar-refractivity contribution in [2.75, 3.05) is 41.4 Å². The molecule has 9 heteroatoms. The minimum Gasteiger partial charge on any atom is -0.478 e. The number of hydrogen-bond donors (Lipinski definition) is 2. The lowest BCUT2D eigenvalue weighted by Crippen LogP contribution is -2.36. The van der Waals surface area contributed by atoms with Gasteiger partial charge in [0.2, 0.25) is 0 Å². The quantitative estimate of drug-likeness (QED) is 0.746. The molecule has 0 aliphatic carbocycles. The van der Waals surface area contributed by atoms with Gasteiger partial charge in [-0.15, -0.1) is 0 Å². The predicted molar refractivity (Wildman–Crippen MR) is 112 cm³/mol. The third-order valence-electron chi connectivity index (χ3n) is 5.93. The Balaban J connectivity index is 1.74. The zero-order valence-corrected chi connectivity index (χ0v) is 17.3. The largest absolute Gasteiger partial charge is 0.478 e. The molecule has 4 rings (SSSR count). The lowest BCUT2D eigenvalue weighted by molar-refractivity contribution is -0.138. The molecule has 1 atom stereocenters. The first-order chi connectivity index (χ1) is 14.7. The molecule has 2 aliphatic heterocycles. The van der Waals surface area contributed by atoms with Gasteiger partial charge in [0.1, 0.15) is 0 Å². The van der Waals surface area contributed by atoms with E-state index in [0.717, 1.165) is 11.8 Å². The van der Waals surface area contributed by atoms with E-state index in [9.17, 15) is 23.1 Å². The number of carboxylic acid groups (broad SMARTS) is 1. The van der Waals surface area contributed by atoms with Gasteiger partial charge >= 0.3 is 12.1 Å². The topological polar surface area (TPSA) is 65.0 Å². The minimum absolute atomic E-state index is 0.147. The molecule has 2 heterocycles.